The highest BCUT2D eigenvalue weighted by Gasteiger charge is 2.39. The molecular weight excluding hydrogens is 238 g/mol. The summed E-state index contributed by atoms with van der Waals surface area (Å²) in [4.78, 5) is 12.1. The molecule has 2 fully saturated rings. The zero-order valence-corrected chi connectivity index (χ0v) is 10.5. The molecule has 0 aromatic carbocycles. The Morgan fingerprint density at radius 1 is 1.39 bits per heavy atom. The third-order valence-electron chi connectivity index (χ3n) is 3.78. The van der Waals surface area contributed by atoms with E-state index in [-0.39, 0.29) is 30.8 Å². The Labute approximate surface area is 106 Å². The molecule has 5 atom stereocenters. The Morgan fingerprint density at radius 2 is 2.17 bits per heavy atom. The van der Waals surface area contributed by atoms with E-state index in [4.69, 9.17) is 14.6 Å². The van der Waals surface area contributed by atoms with Crippen LogP contribution < -0.4 is 5.32 Å². The van der Waals surface area contributed by atoms with Crippen LogP contribution in [-0.2, 0) is 14.3 Å². The molecule has 1 amide bonds. The van der Waals surface area contributed by atoms with Crippen LogP contribution >= 0.6 is 0 Å². The van der Waals surface area contributed by atoms with Crippen molar-refractivity contribution in [1.82, 2.24) is 5.32 Å². The van der Waals surface area contributed by atoms with Crippen molar-refractivity contribution in [2.75, 3.05) is 13.7 Å². The lowest BCUT2D eigenvalue weighted by Crippen LogP contribution is -2.57. The van der Waals surface area contributed by atoms with Gasteiger partial charge in [-0.25, -0.2) is 0 Å². The Balaban J connectivity index is 1.92. The molecule has 3 N–H and O–H groups in total. The predicted molar refractivity (Wildman–Crippen MR) is 62.9 cm³/mol. The summed E-state index contributed by atoms with van der Waals surface area (Å²) in [6.07, 6.45) is 1.14. The van der Waals surface area contributed by atoms with Gasteiger partial charge in [0.05, 0.1) is 31.0 Å². The lowest BCUT2D eigenvalue weighted by molar-refractivity contribution is -0.168. The van der Waals surface area contributed by atoms with Crippen molar-refractivity contribution >= 4 is 5.91 Å². The van der Waals surface area contributed by atoms with Gasteiger partial charge in [-0.15, -0.1) is 0 Å². The molecule has 2 aliphatic rings. The Bertz CT molecular complexity index is 298. The van der Waals surface area contributed by atoms with E-state index >= 15 is 0 Å². The summed E-state index contributed by atoms with van der Waals surface area (Å²) in [7, 11) is 1.55. The van der Waals surface area contributed by atoms with Crippen LogP contribution in [0.3, 0.4) is 0 Å². The number of rotatable bonds is 4. The van der Waals surface area contributed by atoms with E-state index in [1.807, 2.05) is 0 Å². The van der Waals surface area contributed by atoms with Gasteiger partial charge in [-0.1, -0.05) is 0 Å². The molecule has 6 heteroatoms. The minimum Gasteiger partial charge on any atom is -0.394 e. The number of carbonyl (C=O) groups is 1. The van der Waals surface area contributed by atoms with Gasteiger partial charge in [0.2, 0.25) is 0 Å². The molecule has 1 heterocycles. The molecule has 0 spiro atoms. The van der Waals surface area contributed by atoms with Crippen molar-refractivity contribution in [1.29, 1.82) is 0 Å². The SMILES string of the molecule is COC1CCC(CO)OC1C(=O)N[C@H]1CC[C@@H]1O. The molecule has 18 heavy (non-hydrogen) atoms. The van der Waals surface area contributed by atoms with Crippen molar-refractivity contribution in [3.63, 3.8) is 0 Å². The number of ether oxygens (including phenoxy) is 2. The fourth-order valence-electron chi connectivity index (χ4n) is 2.39. The van der Waals surface area contributed by atoms with Gasteiger partial charge in [0.1, 0.15) is 0 Å². The second-order valence-corrected chi connectivity index (χ2v) is 4.97. The second-order valence-electron chi connectivity index (χ2n) is 4.97. The molecule has 3 unspecified atom stereocenters. The van der Waals surface area contributed by atoms with Gasteiger partial charge < -0.3 is 25.0 Å². The maximum atomic E-state index is 12.1. The fourth-order valence-corrected chi connectivity index (χ4v) is 2.39. The fraction of sp³-hybridized carbons (Fsp3) is 0.917. The summed E-state index contributed by atoms with van der Waals surface area (Å²) in [5.41, 5.74) is 0. The summed E-state index contributed by atoms with van der Waals surface area (Å²) in [5.74, 6) is -0.260. The highest BCUT2D eigenvalue weighted by molar-refractivity contribution is 5.82. The van der Waals surface area contributed by atoms with E-state index in [1.165, 1.54) is 0 Å². The smallest absolute Gasteiger partial charge is 0.252 e. The zero-order valence-electron chi connectivity index (χ0n) is 10.5. The number of aliphatic hydroxyl groups excluding tert-OH is 2. The third-order valence-corrected chi connectivity index (χ3v) is 3.78. The minimum absolute atomic E-state index is 0.0910. The lowest BCUT2D eigenvalue weighted by Gasteiger charge is -2.38. The molecule has 2 rings (SSSR count). The number of methoxy groups -OCH3 is 1. The first kappa shape index (κ1) is 13.7. The van der Waals surface area contributed by atoms with E-state index in [2.05, 4.69) is 5.32 Å². The van der Waals surface area contributed by atoms with Gasteiger partial charge in [0.15, 0.2) is 6.10 Å². The molecule has 1 aliphatic heterocycles. The Hall–Kier alpha value is -0.690. The van der Waals surface area contributed by atoms with E-state index < -0.39 is 12.2 Å². The first-order valence-corrected chi connectivity index (χ1v) is 6.43. The van der Waals surface area contributed by atoms with Crippen molar-refractivity contribution in [3.8, 4) is 0 Å². The van der Waals surface area contributed by atoms with Gasteiger partial charge in [-0.2, -0.15) is 0 Å². The standard InChI is InChI=1S/C12H21NO5/c1-17-10-5-2-7(6-14)18-11(10)12(16)13-8-3-4-9(8)15/h7-11,14-15H,2-6H2,1H3,(H,13,16)/t7?,8-,9-,10?,11?/m0/s1. The van der Waals surface area contributed by atoms with Crippen molar-refractivity contribution in [3.05, 3.63) is 0 Å². The highest BCUT2D eigenvalue weighted by atomic mass is 16.6. The van der Waals surface area contributed by atoms with E-state index in [0.29, 0.717) is 12.8 Å². The van der Waals surface area contributed by atoms with Crippen LogP contribution in [0.4, 0.5) is 0 Å². The molecular formula is C12H21NO5. The van der Waals surface area contributed by atoms with Crippen LogP contribution in [0.2, 0.25) is 0 Å². The van der Waals surface area contributed by atoms with Crippen LogP contribution in [0.1, 0.15) is 25.7 Å². The quantitative estimate of drug-likeness (QED) is 0.614. The monoisotopic (exact) mass is 259 g/mol. The normalized spacial score (nSPS) is 40.1. The summed E-state index contributed by atoms with van der Waals surface area (Å²) in [6.45, 7) is -0.0910. The van der Waals surface area contributed by atoms with E-state index in [0.717, 1.165) is 12.8 Å². The van der Waals surface area contributed by atoms with Gasteiger partial charge in [-0.05, 0) is 25.7 Å². The van der Waals surface area contributed by atoms with Crippen LogP contribution in [0.5, 0.6) is 0 Å². The van der Waals surface area contributed by atoms with Crippen molar-refractivity contribution in [2.45, 2.75) is 56.1 Å². The van der Waals surface area contributed by atoms with Crippen molar-refractivity contribution in [2.24, 2.45) is 0 Å². The molecule has 1 saturated heterocycles. The average Bonchev–Trinajstić information content (AvgIpc) is 2.41. The first-order valence-electron chi connectivity index (χ1n) is 6.43. The largest absolute Gasteiger partial charge is 0.394 e. The number of hydrogen-bond acceptors (Lipinski definition) is 5. The number of amides is 1. The molecule has 0 aromatic heterocycles. The second kappa shape index (κ2) is 5.97. The Kier molecular flexibility index (Phi) is 4.55. The number of hydrogen-bond donors (Lipinski definition) is 3. The zero-order chi connectivity index (χ0) is 13.1. The summed E-state index contributed by atoms with van der Waals surface area (Å²) in [6, 6.07) is -0.173. The van der Waals surface area contributed by atoms with Crippen LogP contribution in [0.25, 0.3) is 0 Å². The maximum Gasteiger partial charge on any atom is 0.252 e. The molecule has 104 valence electrons. The summed E-state index contributed by atoms with van der Waals surface area (Å²) >= 11 is 0. The van der Waals surface area contributed by atoms with Gasteiger partial charge in [-0.3, -0.25) is 4.79 Å². The molecule has 0 aromatic rings. The molecule has 6 nitrogen and oxygen atoms in total. The van der Waals surface area contributed by atoms with Crippen molar-refractivity contribution < 1.29 is 24.5 Å². The molecule has 0 radical (unpaired) electrons. The van der Waals surface area contributed by atoms with Gasteiger partial charge in [0.25, 0.3) is 5.91 Å². The van der Waals surface area contributed by atoms with Crippen LogP contribution in [0.15, 0.2) is 0 Å². The number of carbonyl (C=O) groups excluding carboxylic acids is 1. The average molecular weight is 259 g/mol. The maximum absolute atomic E-state index is 12.1. The number of aliphatic hydroxyl groups is 2. The number of nitrogens with one attached hydrogen (secondary N) is 1. The minimum atomic E-state index is -0.700. The topological polar surface area (TPSA) is 88.0 Å². The summed E-state index contributed by atoms with van der Waals surface area (Å²) < 4.78 is 10.8. The molecule has 0 bridgehead atoms. The van der Waals surface area contributed by atoms with Gasteiger partial charge in [0, 0.05) is 7.11 Å². The lowest BCUT2D eigenvalue weighted by atomic mass is 9.89. The highest BCUT2D eigenvalue weighted by Crippen LogP contribution is 2.24. The van der Waals surface area contributed by atoms with Crippen LogP contribution in [-0.4, -0.2) is 60.3 Å². The molecule has 1 saturated carbocycles. The van der Waals surface area contributed by atoms with E-state index in [9.17, 15) is 9.90 Å². The van der Waals surface area contributed by atoms with Crippen LogP contribution in [0, 0.1) is 0 Å². The predicted octanol–water partition coefficient (Wildman–Crippen LogP) is -0.819. The third kappa shape index (κ3) is 2.83. The van der Waals surface area contributed by atoms with E-state index in [1.54, 1.807) is 7.11 Å². The summed E-state index contributed by atoms with van der Waals surface area (Å²) in [5, 5.41) is 21.3. The Morgan fingerprint density at radius 3 is 2.67 bits per heavy atom. The van der Waals surface area contributed by atoms with Gasteiger partial charge >= 0.3 is 0 Å². The molecule has 1 aliphatic carbocycles. The first-order chi connectivity index (χ1) is 8.65.